The second kappa shape index (κ2) is 3.03. The summed E-state index contributed by atoms with van der Waals surface area (Å²) in [5, 5.41) is 5.32. The molecule has 3 nitrogen and oxygen atoms in total. The largest absolute Gasteiger partial charge is 0.496 e. The van der Waals surface area contributed by atoms with Crippen LogP contribution in [0.5, 0.6) is 5.75 Å². The molecule has 1 aromatic carbocycles. The second-order valence-electron chi connectivity index (χ2n) is 2.84. The third kappa shape index (κ3) is 1.42. The zero-order valence-electron chi connectivity index (χ0n) is 7.41. The molecular weight excluding hydrogens is 232 g/mol. The summed E-state index contributed by atoms with van der Waals surface area (Å²) < 4.78 is 8.00. The van der Waals surface area contributed by atoms with Crippen LogP contribution in [0.15, 0.2) is 22.8 Å². The van der Waals surface area contributed by atoms with Crippen molar-refractivity contribution in [2.75, 3.05) is 7.11 Å². The first-order valence-corrected chi connectivity index (χ1v) is 4.67. The average molecular weight is 241 g/mol. The van der Waals surface area contributed by atoms with E-state index in [9.17, 15) is 0 Å². The van der Waals surface area contributed by atoms with Crippen LogP contribution >= 0.6 is 15.9 Å². The van der Waals surface area contributed by atoms with Crippen molar-refractivity contribution in [2.45, 2.75) is 0 Å². The molecule has 0 saturated heterocycles. The fraction of sp³-hybridized carbons (Fsp3) is 0.222. The first-order chi connectivity index (χ1) is 6.20. The Morgan fingerprint density at radius 1 is 1.46 bits per heavy atom. The highest BCUT2D eigenvalue weighted by Gasteiger charge is 2.06. The van der Waals surface area contributed by atoms with Crippen molar-refractivity contribution in [3.05, 3.63) is 22.8 Å². The molecule has 0 N–H and O–H groups in total. The summed E-state index contributed by atoms with van der Waals surface area (Å²) >= 11 is 3.40. The van der Waals surface area contributed by atoms with E-state index in [0.29, 0.717) is 0 Å². The van der Waals surface area contributed by atoms with Crippen LogP contribution in [0.25, 0.3) is 10.9 Å². The number of rotatable bonds is 1. The van der Waals surface area contributed by atoms with Crippen LogP contribution in [-0.2, 0) is 7.05 Å². The minimum absolute atomic E-state index is 0.845. The molecule has 0 bridgehead atoms. The maximum Gasteiger partial charge on any atom is 0.130 e. The van der Waals surface area contributed by atoms with E-state index in [1.165, 1.54) is 0 Å². The molecule has 0 fully saturated rings. The highest BCUT2D eigenvalue weighted by molar-refractivity contribution is 9.10. The SMILES string of the molecule is COc1cc(Br)cc2nn(C)cc12. The van der Waals surface area contributed by atoms with Crippen molar-refractivity contribution in [3.8, 4) is 5.75 Å². The van der Waals surface area contributed by atoms with Gasteiger partial charge in [0.15, 0.2) is 0 Å². The van der Waals surface area contributed by atoms with Crippen LogP contribution in [-0.4, -0.2) is 16.9 Å². The van der Waals surface area contributed by atoms with Crippen LogP contribution in [0, 0.1) is 0 Å². The van der Waals surface area contributed by atoms with Gasteiger partial charge in [-0.3, -0.25) is 4.68 Å². The topological polar surface area (TPSA) is 27.1 Å². The van der Waals surface area contributed by atoms with E-state index in [2.05, 4.69) is 21.0 Å². The lowest BCUT2D eigenvalue weighted by Crippen LogP contribution is -1.84. The lowest BCUT2D eigenvalue weighted by molar-refractivity contribution is 0.419. The maximum absolute atomic E-state index is 5.24. The van der Waals surface area contributed by atoms with Crippen LogP contribution < -0.4 is 4.74 Å². The monoisotopic (exact) mass is 240 g/mol. The zero-order valence-corrected chi connectivity index (χ0v) is 9.00. The van der Waals surface area contributed by atoms with Gasteiger partial charge >= 0.3 is 0 Å². The molecule has 0 saturated carbocycles. The molecule has 2 aromatic rings. The predicted molar refractivity (Wildman–Crippen MR) is 55.0 cm³/mol. The summed E-state index contributed by atoms with van der Waals surface area (Å²) in [5.74, 6) is 0.845. The second-order valence-corrected chi connectivity index (χ2v) is 3.76. The van der Waals surface area contributed by atoms with Gasteiger partial charge in [0, 0.05) is 17.7 Å². The Labute approximate surface area is 84.4 Å². The molecule has 2 rings (SSSR count). The maximum atomic E-state index is 5.24. The number of methoxy groups -OCH3 is 1. The molecule has 0 unspecified atom stereocenters. The zero-order chi connectivity index (χ0) is 9.42. The van der Waals surface area contributed by atoms with Crippen molar-refractivity contribution in [3.63, 3.8) is 0 Å². The number of benzene rings is 1. The molecule has 1 heterocycles. The number of aryl methyl sites for hydroxylation is 1. The highest BCUT2D eigenvalue weighted by atomic mass is 79.9. The molecular formula is C9H9BrN2O. The number of halogens is 1. The minimum Gasteiger partial charge on any atom is -0.496 e. The standard InChI is InChI=1S/C9H9BrN2O/c1-12-5-7-8(11-12)3-6(10)4-9(7)13-2/h3-5H,1-2H3. The fourth-order valence-corrected chi connectivity index (χ4v) is 1.77. The summed E-state index contributed by atoms with van der Waals surface area (Å²) in [6.45, 7) is 0. The third-order valence-corrected chi connectivity index (χ3v) is 2.34. The van der Waals surface area contributed by atoms with E-state index in [-0.39, 0.29) is 0 Å². The Bertz CT molecular complexity index is 450. The molecule has 68 valence electrons. The van der Waals surface area contributed by atoms with Crippen molar-refractivity contribution in [1.29, 1.82) is 0 Å². The van der Waals surface area contributed by atoms with Gasteiger partial charge in [0.2, 0.25) is 0 Å². The van der Waals surface area contributed by atoms with Gasteiger partial charge in [0.25, 0.3) is 0 Å². The predicted octanol–water partition coefficient (Wildman–Crippen LogP) is 2.34. The Morgan fingerprint density at radius 3 is 2.92 bits per heavy atom. The molecule has 0 aliphatic carbocycles. The lowest BCUT2D eigenvalue weighted by Gasteiger charge is -2.00. The van der Waals surface area contributed by atoms with Gasteiger partial charge in [0.05, 0.1) is 18.0 Å². The molecule has 13 heavy (non-hydrogen) atoms. The molecule has 0 spiro atoms. The number of nitrogens with zero attached hydrogens (tertiary/aromatic N) is 2. The average Bonchev–Trinajstić information content (AvgIpc) is 2.43. The Hall–Kier alpha value is -1.03. The van der Waals surface area contributed by atoms with Crippen LogP contribution in [0.1, 0.15) is 0 Å². The van der Waals surface area contributed by atoms with Gasteiger partial charge in [-0.2, -0.15) is 5.10 Å². The highest BCUT2D eigenvalue weighted by Crippen LogP contribution is 2.28. The van der Waals surface area contributed by atoms with E-state index in [4.69, 9.17) is 4.74 Å². The number of ether oxygens (including phenoxy) is 1. The molecule has 1 aromatic heterocycles. The molecule has 4 heteroatoms. The Kier molecular flexibility index (Phi) is 2.00. The Morgan fingerprint density at radius 2 is 2.23 bits per heavy atom. The minimum atomic E-state index is 0.845. The van der Waals surface area contributed by atoms with Crippen molar-refractivity contribution >= 4 is 26.8 Å². The Balaban J connectivity index is 2.80. The smallest absolute Gasteiger partial charge is 0.130 e. The number of hydrogen-bond acceptors (Lipinski definition) is 2. The normalized spacial score (nSPS) is 10.7. The molecule has 0 aliphatic rings. The number of hydrogen-bond donors (Lipinski definition) is 0. The van der Waals surface area contributed by atoms with Crippen LogP contribution in [0.3, 0.4) is 0 Å². The summed E-state index contributed by atoms with van der Waals surface area (Å²) in [6.07, 6.45) is 1.95. The first-order valence-electron chi connectivity index (χ1n) is 3.87. The van der Waals surface area contributed by atoms with E-state index < -0.39 is 0 Å². The quantitative estimate of drug-likeness (QED) is 0.766. The summed E-state index contributed by atoms with van der Waals surface area (Å²) in [7, 11) is 3.56. The lowest BCUT2D eigenvalue weighted by atomic mass is 10.2. The third-order valence-electron chi connectivity index (χ3n) is 1.89. The van der Waals surface area contributed by atoms with Crippen LogP contribution in [0.4, 0.5) is 0 Å². The first kappa shape index (κ1) is 8.56. The van der Waals surface area contributed by atoms with Gasteiger partial charge in [-0.1, -0.05) is 15.9 Å². The van der Waals surface area contributed by atoms with E-state index in [1.54, 1.807) is 11.8 Å². The van der Waals surface area contributed by atoms with Gasteiger partial charge in [0.1, 0.15) is 5.75 Å². The van der Waals surface area contributed by atoms with Gasteiger partial charge in [-0.05, 0) is 12.1 Å². The van der Waals surface area contributed by atoms with Gasteiger partial charge < -0.3 is 4.74 Å². The molecule has 0 aliphatic heterocycles. The van der Waals surface area contributed by atoms with Crippen molar-refractivity contribution < 1.29 is 4.74 Å². The van der Waals surface area contributed by atoms with E-state index in [0.717, 1.165) is 21.1 Å². The molecule has 0 radical (unpaired) electrons. The number of aromatic nitrogens is 2. The number of fused-ring (bicyclic) bond motifs is 1. The summed E-state index contributed by atoms with van der Waals surface area (Å²) in [5.41, 5.74) is 0.939. The van der Waals surface area contributed by atoms with Crippen molar-refractivity contribution in [1.82, 2.24) is 9.78 Å². The molecule has 0 amide bonds. The summed E-state index contributed by atoms with van der Waals surface area (Å²) in [4.78, 5) is 0. The van der Waals surface area contributed by atoms with Crippen LogP contribution in [0.2, 0.25) is 0 Å². The van der Waals surface area contributed by atoms with Crippen molar-refractivity contribution in [2.24, 2.45) is 7.05 Å². The van der Waals surface area contributed by atoms with Gasteiger partial charge in [-0.25, -0.2) is 0 Å². The molecule has 0 atom stereocenters. The van der Waals surface area contributed by atoms with E-state index >= 15 is 0 Å². The van der Waals surface area contributed by atoms with Gasteiger partial charge in [-0.15, -0.1) is 0 Å². The summed E-state index contributed by atoms with van der Waals surface area (Å²) in [6, 6.07) is 3.90. The van der Waals surface area contributed by atoms with E-state index in [1.807, 2.05) is 25.4 Å². The fourth-order valence-electron chi connectivity index (χ4n) is 1.35.